The van der Waals surface area contributed by atoms with Crippen LogP contribution in [0.4, 0.5) is 5.82 Å². The van der Waals surface area contributed by atoms with Crippen LogP contribution < -0.4 is 11.1 Å². The fourth-order valence-corrected chi connectivity index (χ4v) is 1.81. The van der Waals surface area contributed by atoms with Gasteiger partial charge >= 0.3 is 0 Å². The lowest BCUT2D eigenvalue weighted by Gasteiger charge is -2.07. The Hall–Kier alpha value is -0.360. The third-order valence-corrected chi connectivity index (χ3v) is 2.55. The number of pyridine rings is 1. The smallest absolute Gasteiger partial charge is 0.144 e. The molecule has 0 amide bonds. The van der Waals surface area contributed by atoms with Gasteiger partial charge in [0.05, 0.1) is 11.6 Å². The molecule has 16 heavy (non-hydrogen) atoms. The first-order chi connectivity index (χ1) is 7.74. The van der Waals surface area contributed by atoms with Crippen LogP contribution >= 0.6 is 27.5 Å². The van der Waals surface area contributed by atoms with Gasteiger partial charge in [-0.05, 0) is 28.4 Å². The molecule has 1 aromatic heterocycles. The number of hydrogen-bond acceptors (Lipinski definition) is 4. The van der Waals surface area contributed by atoms with E-state index in [0.29, 0.717) is 30.6 Å². The number of rotatable bonds is 7. The van der Waals surface area contributed by atoms with Crippen molar-refractivity contribution in [1.82, 2.24) is 4.98 Å². The minimum Gasteiger partial charge on any atom is -0.380 e. The van der Waals surface area contributed by atoms with E-state index in [2.05, 4.69) is 26.2 Å². The summed E-state index contributed by atoms with van der Waals surface area (Å²) in [4.78, 5) is 4.16. The maximum Gasteiger partial charge on any atom is 0.144 e. The molecule has 0 radical (unpaired) electrons. The molecule has 0 aliphatic rings. The predicted molar refractivity (Wildman–Crippen MR) is 69.9 cm³/mol. The molecule has 0 aliphatic carbocycles. The summed E-state index contributed by atoms with van der Waals surface area (Å²) in [7, 11) is 0. The molecule has 0 saturated heterocycles. The molecule has 0 aliphatic heterocycles. The van der Waals surface area contributed by atoms with Crippen molar-refractivity contribution >= 4 is 33.3 Å². The van der Waals surface area contributed by atoms with Crippen LogP contribution in [0.15, 0.2) is 16.7 Å². The second-order valence-electron chi connectivity index (χ2n) is 3.17. The Bertz CT molecular complexity index is 325. The van der Waals surface area contributed by atoms with Gasteiger partial charge in [-0.15, -0.1) is 0 Å². The highest BCUT2D eigenvalue weighted by Gasteiger charge is 2.01. The molecule has 0 unspecified atom stereocenters. The van der Waals surface area contributed by atoms with Gasteiger partial charge in [-0.25, -0.2) is 4.98 Å². The number of aromatic nitrogens is 1. The molecular formula is C10H15BrClN3O. The van der Waals surface area contributed by atoms with E-state index in [1.165, 1.54) is 0 Å². The molecule has 4 nitrogen and oxygen atoms in total. The largest absolute Gasteiger partial charge is 0.380 e. The lowest BCUT2D eigenvalue weighted by atomic mass is 10.4. The predicted octanol–water partition coefficient (Wildman–Crippen LogP) is 2.27. The standard InChI is InChI=1S/C10H15BrClN3O/c11-8-6-9(12)10(15-7-8)14-3-1-4-16-5-2-13/h6-7H,1-5,13H2,(H,14,15). The first kappa shape index (κ1) is 13.7. The van der Waals surface area contributed by atoms with E-state index in [-0.39, 0.29) is 0 Å². The first-order valence-electron chi connectivity index (χ1n) is 5.06. The van der Waals surface area contributed by atoms with Crippen LogP contribution in [0.25, 0.3) is 0 Å². The maximum atomic E-state index is 5.99. The van der Waals surface area contributed by atoms with Crippen LogP contribution in [-0.4, -0.2) is 31.3 Å². The van der Waals surface area contributed by atoms with E-state index in [4.69, 9.17) is 22.1 Å². The first-order valence-corrected chi connectivity index (χ1v) is 6.24. The number of nitrogens with zero attached hydrogens (tertiary/aromatic N) is 1. The zero-order valence-corrected chi connectivity index (χ0v) is 11.2. The lowest BCUT2D eigenvalue weighted by molar-refractivity contribution is 0.141. The summed E-state index contributed by atoms with van der Waals surface area (Å²) in [6.07, 6.45) is 2.60. The fraction of sp³-hybridized carbons (Fsp3) is 0.500. The van der Waals surface area contributed by atoms with Crippen LogP contribution in [0, 0.1) is 0 Å². The molecule has 90 valence electrons. The topological polar surface area (TPSA) is 60.2 Å². The van der Waals surface area contributed by atoms with Crippen molar-refractivity contribution in [2.75, 3.05) is 31.6 Å². The monoisotopic (exact) mass is 307 g/mol. The van der Waals surface area contributed by atoms with Crippen molar-refractivity contribution in [2.24, 2.45) is 5.73 Å². The van der Waals surface area contributed by atoms with Crippen molar-refractivity contribution in [1.29, 1.82) is 0 Å². The Kier molecular flexibility index (Phi) is 6.71. The van der Waals surface area contributed by atoms with E-state index in [0.717, 1.165) is 17.4 Å². The molecule has 3 N–H and O–H groups in total. The van der Waals surface area contributed by atoms with E-state index in [9.17, 15) is 0 Å². The Morgan fingerprint density at radius 2 is 2.31 bits per heavy atom. The molecule has 0 saturated carbocycles. The average Bonchev–Trinajstić information content (AvgIpc) is 2.26. The highest BCUT2D eigenvalue weighted by Crippen LogP contribution is 2.22. The van der Waals surface area contributed by atoms with Gasteiger partial charge < -0.3 is 15.8 Å². The molecule has 6 heteroatoms. The van der Waals surface area contributed by atoms with E-state index in [1.807, 2.05) is 6.07 Å². The Morgan fingerprint density at radius 1 is 1.50 bits per heavy atom. The van der Waals surface area contributed by atoms with E-state index < -0.39 is 0 Å². The van der Waals surface area contributed by atoms with Gasteiger partial charge in [-0.2, -0.15) is 0 Å². The number of nitrogens with two attached hydrogens (primary N) is 1. The Balaban J connectivity index is 2.21. The van der Waals surface area contributed by atoms with Gasteiger partial charge in [0.25, 0.3) is 0 Å². The van der Waals surface area contributed by atoms with Crippen molar-refractivity contribution in [3.63, 3.8) is 0 Å². The minimum atomic E-state index is 0.563. The molecular weight excluding hydrogens is 293 g/mol. The highest BCUT2D eigenvalue weighted by atomic mass is 79.9. The normalized spacial score (nSPS) is 10.4. The van der Waals surface area contributed by atoms with E-state index >= 15 is 0 Å². The summed E-state index contributed by atoms with van der Waals surface area (Å²) in [6, 6.07) is 1.81. The zero-order valence-electron chi connectivity index (χ0n) is 8.88. The maximum absolute atomic E-state index is 5.99. The summed E-state index contributed by atoms with van der Waals surface area (Å²) in [5.41, 5.74) is 5.30. The minimum absolute atomic E-state index is 0.563. The molecule has 0 atom stereocenters. The van der Waals surface area contributed by atoms with Crippen molar-refractivity contribution < 1.29 is 4.74 Å². The van der Waals surface area contributed by atoms with Gasteiger partial charge in [0, 0.05) is 30.4 Å². The average molecular weight is 309 g/mol. The number of hydrogen-bond donors (Lipinski definition) is 2. The molecule has 0 aromatic carbocycles. The SMILES string of the molecule is NCCOCCCNc1ncc(Br)cc1Cl. The molecule has 0 spiro atoms. The Morgan fingerprint density at radius 3 is 3.00 bits per heavy atom. The zero-order chi connectivity index (χ0) is 11.8. The second kappa shape index (κ2) is 7.84. The summed E-state index contributed by atoms with van der Waals surface area (Å²) < 4.78 is 6.11. The quantitative estimate of drug-likeness (QED) is 0.759. The molecule has 1 aromatic rings. The van der Waals surface area contributed by atoms with Crippen LogP contribution in [0.1, 0.15) is 6.42 Å². The van der Waals surface area contributed by atoms with Crippen molar-refractivity contribution in [3.8, 4) is 0 Å². The summed E-state index contributed by atoms with van der Waals surface area (Å²) >= 11 is 9.29. The van der Waals surface area contributed by atoms with Crippen molar-refractivity contribution in [2.45, 2.75) is 6.42 Å². The Labute approximate surface area is 109 Å². The summed E-state index contributed by atoms with van der Waals surface area (Å²) in [6.45, 7) is 2.64. The third kappa shape index (κ3) is 5.12. The second-order valence-corrected chi connectivity index (χ2v) is 4.49. The summed E-state index contributed by atoms with van der Waals surface area (Å²) in [5, 5.41) is 3.75. The third-order valence-electron chi connectivity index (χ3n) is 1.83. The van der Waals surface area contributed by atoms with E-state index in [1.54, 1.807) is 6.20 Å². The number of nitrogens with one attached hydrogen (secondary N) is 1. The molecule has 0 bridgehead atoms. The van der Waals surface area contributed by atoms with Gasteiger partial charge in [0.2, 0.25) is 0 Å². The highest BCUT2D eigenvalue weighted by molar-refractivity contribution is 9.10. The lowest BCUT2D eigenvalue weighted by Crippen LogP contribution is -2.11. The van der Waals surface area contributed by atoms with Crippen molar-refractivity contribution in [3.05, 3.63) is 21.8 Å². The van der Waals surface area contributed by atoms with Crippen LogP contribution in [0.5, 0.6) is 0 Å². The number of halogens is 2. The van der Waals surface area contributed by atoms with Gasteiger partial charge in [-0.3, -0.25) is 0 Å². The molecule has 0 fully saturated rings. The fourth-order valence-electron chi connectivity index (χ4n) is 1.11. The van der Waals surface area contributed by atoms with Gasteiger partial charge in [0.1, 0.15) is 5.82 Å². The van der Waals surface area contributed by atoms with Crippen LogP contribution in [-0.2, 0) is 4.74 Å². The molecule has 1 heterocycles. The number of anilines is 1. The van der Waals surface area contributed by atoms with Crippen LogP contribution in [0.2, 0.25) is 5.02 Å². The number of ether oxygens (including phenoxy) is 1. The van der Waals surface area contributed by atoms with Gasteiger partial charge in [0.15, 0.2) is 0 Å². The summed E-state index contributed by atoms with van der Waals surface area (Å²) in [5.74, 6) is 0.698. The molecule has 1 rings (SSSR count). The van der Waals surface area contributed by atoms with Crippen LogP contribution in [0.3, 0.4) is 0 Å². The van der Waals surface area contributed by atoms with Gasteiger partial charge in [-0.1, -0.05) is 11.6 Å².